The van der Waals surface area contributed by atoms with Crippen LogP contribution in [0.5, 0.6) is 0 Å². The summed E-state index contributed by atoms with van der Waals surface area (Å²) in [6.07, 6.45) is 3.04. The molecule has 0 heterocycles. The summed E-state index contributed by atoms with van der Waals surface area (Å²) in [6, 6.07) is 12.3. The minimum Gasteiger partial charge on any atom is -0.462 e. The molecule has 2 aromatic carbocycles. The van der Waals surface area contributed by atoms with E-state index in [0.717, 1.165) is 11.1 Å². The third kappa shape index (κ3) is 4.70. The maximum Gasteiger partial charge on any atom is 0.338 e. The van der Waals surface area contributed by atoms with E-state index < -0.39 is 5.97 Å². The number of amides is 1. The van der Waals surface area contributed by atoms with Gasteiger partial charge in [-0.3, -0.25) is 4.79 Å². The van der Waals surface area contributed by atoms with Crippen molar-refractivity contribution in [1.29, 1.82) is 0 Å². The van der Waals surface area contributed by atoms with E-state index in [-0.39, 0.29) is 5.91 Å². The predicted octanol–water partition coefficient (Wildman–Crippen LogP) is 4.48. The minimum atomic E-state index is -0.417. The Morgan fingerprint density at radius 3 is 2.67 bits per heavy atom. The van der Waals surface area contributed by atoms with Gasteiger partial charge in [-0.05, 0) is 49.2 Å². The van der Waals surface area contributed by atoms with Crippen molar-refractivity contribution in [2.24, 2.45) is 0 Å². The van der Waals surface area contributed by atoms with Crippen molar-refractivity contribution in [3.05, 3.63) is 70.3 Å². The van der Waals surface area contributed by atoms with Gasteiger partial charge >= 0.3 is 5.97 Å². The number of aryl methyl sites for hydroxylation is 1. The van der Waals surface area contributed by atoms with Crippen molar-refractivity contribution >= 4 is 35.2 Å². The zero-order chi connectivity index (χ0) is 17.5. The molecule has 0 saturated heterocycles. The number of carbonyl (C=O) groups excluding carboxylic acids is 2. The van der Waals surface area contributed by atoms with Gasteiger partial charge in [0.25, 0.3) is 0 Å². The van der Waals surface area contributed by atoms with Gasteiger partial charge in [-0.25, -0.2) is 4.79 Å². The molecule has 0 atom stereocenters. The van der Waals surface area contributed by atoms with Crippen LogP contribution in [0, 0.1) is 6.92 Å². The molecule has 0 fully saturated rings. The van der Waals surface area contributed by atoms with Crippen LogP contribution in [0.15, 0.2) is 48.5 Å². The Morgan fingerprint density at radius 2 is 1.96 bits per heavy atom. The maximum atomic E-state index is 12.1. The van der Waals surface area contributed by atoms with Gasteiger partial charge in [-0.1, -0.05) is 35.9 Å². The Morgan fingerprint density at radius 1 is 1.21 bits per heavy atom. The Kier molecular flexibility index (Phi) is 6.15. The van der Waals surface area contributed by atoms with Gasteiger partial charge in [0.2, 0.25) is 5.91 Å². The van der Waals surface area contributed by atoms with Crippen LogP contribution in [0.2, 0.25) is 5.02 Å². The average molecular weight is 344 g/mol. The fraction of sp³-hybridized carbons (Fsp3) is 0.158. The second-order valence-corrected chi connectivity index (χ2v) is 5.50. The second-order valence-electron chi connectivity index (χ2n) is 5.09. The lowest BCUT2D eigenvalue weighted by atomic mass is 10.1. The van der Waals surface area contributed by atoms with Crippen LogP contribution in [0.4, 0.5) is 5.69 Å². The molecule has 0 unspecified atom stereocenters. The van der Waals surface area contributed by atoms with E-state index in [4.69, 9.17) is 16.3 Å². The number of ether oxygens (including phenoxy) is 1. The Bertz CT molecular complexity index is 784. The first kappa shape index (κ1) is 17.8. The molecular weight excluding hydrogens is 326 g/mol. The van der Waals surface area contributed by atoms with E-state index >= 15 is 0 Å². The van der Waals surface area contributed by atoms with Gasteiger partial charge in [0.05, 0.1) is 12.2 Å². The number of benzene rings is 2. The Balaban J connectivity index is 2.12. The number of halogens is 1. The van der Waals surface area contributed by atoms with Gasteiger partial charge in [-0.2, -0.15) is 0 Å². The smallest absolute Gasteiger partial charge is 0.338 e. The van der Waals surface area contributed by atoms with Crippen molar-refractivity contribution < 1.29 is 14.3 Å². The summed E-state index contributed by atoms with van der Waals surface area (Å²) >= 11 is 6.04. The molecule has 0 aromatic heterocycles. The van der Waals surface area contributed by atoms with Gasteiger partial charge in [0, 0.05) is 16.8 Å². The summed E-state index contributed by atoms with van der Waals surface area (Å²) in [7, 11) is 0. The van der Waals surface area contributed by atoms with E-state index in [1.807, 2.05) is 25.1 Å². The largest absolute Gasteiger partial charge is 0.462 e. The fourth-order valence-electron chi connectivity index (χ4n) is 2.05. The number of hydrogen-bond acceptors (Lipinski definition) is 3. The molecule has 24 heavy (non-hydrogen) atoms. The van der Waals surface area contributed by atoms with Crippen LogP contribution in [-0.2, 0) is 9.53 Å². The molecule has 0 bridgehead atoms. The first-order chi connectivity index (χ1) is 11.5. The first-order valence-corrected chi connectivity index (χ1v) is 7.90. The standard InChI is InChI=1S/C19H18ClNO3/c1-3-24-19(23)15-9-8-13(2)17(12-15)21-18(22)11-10-14-6-4-5-7-16(14)20/h4-12H,3H2,1-2H3,(H,21,22)/b11-10+. The molecule has 0 saturated carbocycles. The molecule has 2 aromatic rings. The SMILES string of the molecule is CCOC(=O)c1ccc(C)c(NC(=O)/C=C/c2ccccc2Cl)c1. The van der Waals surface area contributed by atoms with Crippen LogP contribution in [-0.4, -0.2) is 18.5 Å². The van der Waals surface area contributed by atoms with Crippen LogP contribution >= 0.6 is 11.6 Å². The van der Waals surface area contributed by atoms with E-state index in [0.29, 0.717) is 22.9 Å². The number of hydrogen-bond donors (Lipinski definition) is 1. The van der Waals surface area contributed by atoms with Crippen molar-refractivity contribution in [1.82, 2.24) is 0 Å². The average Bonchev–Trinajstić information content (AvgIpc) is 2.56. The number of nitrogens with one attached hydrogen (secondary N) is 1. The van der Waals surface area contributed by atoms with E-state index in [2.05, 4.69) is 5.32 Å². The van der Waals surface area contributed by atoms with Gasteiger partial charge in [0.1, 0.15) is 0 Å². The van der Waals surface area contributed by atoms with Crippen molar-refractivity contribution in [2.75, 3.05) is 11.9 Å². The third-order valence-electron chi connectivity index (χ3n) is 3.33. The monoisotopic (exact) mass is 343 g/mol. The van der Waals surface area contributed by atoms with Crippen LogP contribution in [0.3, 0.4) is 0 Å². The van der Waals surface area contributed by atoms with Gasteiger partial charge in [-0.15, -0.1) is 0 Å². The molecule has 0 aliphatic rings. The lowest BCUT2D eigenvalue weighted by Gasteiger charge is -2.09. The highest BCUT2D eigenvalue weighted by atomic mass is 35.5. The zero-order valence-corrected chi connectivity index (χ0v) is 14.3. The topological polar surface area (TPSA) is 55.4 Å². The molecule has 1 amide bonds. The van der Waals surface area contributed by atoms with Crippen LogP contribution < -0.4 is 5.32 Å². The van der Waals surface area contributed by atoms with Crippen LogP contribution in [0.1, 0.15) is 28.4 Å². The second kappa shape index (κ2) is 8.31. The third-order valence-corrected chi connectivity index (χ3v) is 3.67. The number of rotatable bonds is 5. The highest BCUT2D eigenvalue weighted by Crippen LogP contribution is 2.19. The lowest BCUT2D eigenvalue weighted by Crippen LogP contribution is -2.11. The molecule has 0 aliphatic heterocycles. The number of esters is 1. The number of carbonyl (C=O) groups is 2. The molecule has 5 heteroatoms. The van der Waals surface area contributed by atoms with E-state index in [1.54, 1.807) is 37.3 Å². The summed E-state index contributed by atoms with van der Waals surface area (Å²) in [5.74, 6) is -0.723. The van der Waals surface area contributed by atoms with Crippen molar-refractivity contribution in [3.8, 4) is 0 Å². The predicted molar refractivity (Wildman–Crippen MR) is 96.3 cm³/mol. The summed E-state index contributed by atoms with van der Waals surface area (Å²) < 4.78 is 4.97. The molecular formula is C19H18ClNO3. The highest BCUT2D eigenvalue weighted by molar-refractivity contribution is 6.32. The van der Waals surface area contributed by atoms with Gasteiger partial charge in [0.15, 0.2) is 0 Å². The molecule has 0 aliphatic carbocycles. The Labute approximate surface area is 146 Å². The van der Waals surface area contributed by atoms with Crippen molar-refractivity contribution in [3.63, 3.8) is 0 Å². The van der Waals surface area contributed by atoms with E-state index in [1.165, 1.54) is 6.08 Å². The molecule has 1 N–H and O–H groups in total. The molecule has 4 nitrogen and oxygen atoms in total. The Hall–Kier alpha value is -2.59. The first-order valence-electron chi connectivity index (χ1n) is 7.52. The zero-order valence-electron chi connectivity index (χ0n) is 13.5. The highest BCUT2D eigenvalue weighted by Gasteiger charge is 2.10. The van der Waals surface area contributed by atoms with E-state index in [9.17, 15) is 9.59 Å². The summed E-state index contributed by atoms with van der Waals surface area (Å²) in [5.41, 5.74) is 2.57. The molecule has 2 rings (SSSR count). The maximum absolute atomic E-state index is 12.1. The quantitative estimate of drug-likeness (QED) is 0.643. The van der Waals surface area contributed by atoms with Gasteiger partial charge < -0.3 is 10.1 Å². The summed E-state index contributed by atoms with van der Waals surface area (Å²) in [6.45, 7) is 3.89. The lowest BCUT2D eigenvalue weighted by molar-refractivity contribution is -0.111. The van der Waals surface area contributed by atoms with Crippen LogP contribution in [0.25, 0.3) is 6.08 Å². The molecule has 0 radical (unpaired) electrons. The normalized spacial score (nSPS) is 10.6. The minimum absolute atomic E-state index is 0.301. The fourth-order valence-corrected chi connectivity index (χ4v) is 2.25. The van der Waals surface area contributed by atoms with Crippen molar-refractivity contribution in [2.45, 2.75) is 13.8 Å². The molecule has 0 spiro atoms. The number of anilines is 1. The molecule has 124 valence electrons. The summed E-state index contributed by atoms with van der Waals surface area (Å²) in [5, 5.41) is 3.33. The summed E-state index contributed by atoms with van der Waals surface area (Å²) in [4.78, 5) is 23.9.